The molecular weight excluding hydrogens is 341 g/mol. The van der Waals surface area contributed by atoms with Crippen molar-refractivity contribution >= 4 is 5.91 Å². The minimum atomic E-state index is -4.38. The summed E-state index contributed by atoms with van der Waals surface area (Å²) in [6.45, 7) is 2.17. The maximum absolute atomic E-state index is 12.9. The van der Waals surface area contributed by atoms with Crippen molar-refractivity contribution in [2.24, 2.45) is 0 Å². The molecule has 1 saturated carbocycles. The number of hydrogen-bond acceptors (Lipinski definition) is 2. The molecule has 2 atom stereocenters. The van der Waals surface area contributed by atoms with Crippen LogP contribution in [-0.2, 0) is 6.18 Å². The minimum Gasteiger partial charge on any atom is -0.337 e. The molecule has 0 bridgehead atoms. The third-order valence-electron chi connectivity index (χ3n) is 5.83. The molecule has 0 spiro atoms. The third kappa shape index (κ3) is 4.22. The Morgan fingerprint density at radius 2 is 1.62 bits per heavy atom. The molecule has 1 saturated heterocycles. The summed E-state index contributed by atoms with van der Waals surface area (Å²) < 4.78 is 38.2. The number of likely N-dealkylation sites (N-methyl/N-ethyl adjacent to an activating group) is 1. The molecule has 26 heavy (non-hydrogen) atoms. The van der Waals surface area contributed by atoms with Crippen molar-refractivity contribution in [3.05, 3.63) is 35.4 Å². The maximum atomic E-state index is 12.9. The Labute approximate surface area is 153 Å². The van der Waals surface area contributed by atoms with Crippen molar-refractivity contribution in [1.29, 1.82) is 0 Å². The summed E-state index contributed by atoms with van der Waals surface area (Å²) in [4.78, 5) is 17.1. The Balaban J connectivity index is 1.73. The molecule has 1 heterocycles. The van der Waals surface area contributed by atoms with Crippen LogP contribution in [0.15, 0.2) is 24.3 Å². The van der Waals surface area contributed by atoms with Gasteiger partial charge in [-0.2, -0.15) is 13.2 Å². The predicted molar refractivity (Wildman–Crippen MR) is 95.0 cm³/mol. The van der Waals surface area contributed by atoms with Crippen LogP contribution in [-0.4, -0.2) is 47.9 Å². The van der Waals surface area contributed by atoms with E-state index in [2.05, 4.69) is 4.90 Å². The first-order chi connectivity index (χ1) is 12.4. The van der Waals surface area contributed by atoms with Crippen LogP contribution in [0.3, 0.4) is 0 Å². The highest BCUT2D eigenvalue weighted by molar-refractivity contribution is 5.94. The van der Waals surface area contributed by atoms with Gasteiger partial charge in [-0.25, -0.2) is 0 Å². The van der Waals surface area contributed by atoms with Crippen LogP contribution in [0.2, 0.25) is 0 Å². The molecular formula is C20H27F3N2O. The van der Waals surface area contributed by atoms with Gasteiger partial charge in [0.25, 0.3) is 5.91 Å². The second kappa shape index (κ2) is 7.99. The van der Waals surface area contributed by atoms with Crippen molar-refractivity contribution in [3.63, 3.8) is 0 Å². The monoisotopic (exact) mass is 368 g/mol. The molecule has 1 aromatic rings. The summed E-state index contributed by atoms with van der Waals surface area (Å²) in [7, 11) is 1.80. The van der Waals surface area contributed by atoms with Crippen molar-refractivity contribution in [2.45, 2.75) is 63.2 Å². The topological polar surface area (TPSA) is 23.6 Å². The Bertz CT molecular complexity index is 608. The summed E-state index contributed by atoms with van der Waals surface area (Å²) in [5, 5.41) is 0. The van der Waals surface area contributed by atoms with Crippen LogP contribution in [0.5, 0.6) is 0 Å². The van der Waals surface area contributed by atoms with Gasteiger partial charge in [0.2, 0.25) is 0 Å². The molecule has 0 unspecified atom stereocenters. The second-order valence-corrected chi connectivity index (χ2v) is 7.51. The number of alkyl halides is 3. The number of rotatable bonds is 3. The van der Waals surface area contributed by atoms with E-state index in [-0.39, 0.29) is 11.9 Å². The molecule has 2 aliphatic rings. The number of carbonyl (C=O) groups excluding carboxylic acids is 1. The first-order valence-electron chi connectivity index (χ1n) is 9.56. The number of carbonyl (C=O) groups is 1. The molecule has 1 aromatic carbocycles. The zero-order chi connectivity index (χ0) is 18.7. The molecule has 0 radical (unpaired) electrons. The zero-order valence-electron chi connectivity index (χ0n) is 15.3. The largest absolute Gasteiger partial charge is 0.416 e. The van der Waals surface area contributed by atoms with Crippen LogP contribution < -0.4 is 0 Å². The molecule has 1 amide bonds. The Morgan fingerprint density at radius 3 is 2.23 bits per heavy atom. The van der Waals surface area contributed by atoms with Gasteiger partial charge in [0, 0.05) is 24.7 Å². The van der Waals surface area contributed by atoms with Crippen LogP contribution in [0.4, 0.5) is 13.2 Å². The highest BCUT2D eigenvalue weighted by atomic mass is 19.4. The van der Waals surface area contributed by atoms with E-state index in [9.17, 15) is 18.0 Å². The van der Waals surface area contributed by atoms with Gasteiger partial charge < -0.3 is 4.90 Å². The highest BCUT2D eigenvalue weighted by Gasteiger charge is 2.35. The number of amides is 1. The van der Waals surface area contributed by atoms with E-state index in [1.807, 2.05) is 0 Å². The lowest BCUT2D eigenvalue weighted by atomic mass is 9.87. The zero-order valence-corrected chi connectivity index (χ0v) is 15.3. The van der Waals surface area contributed by atoms with Crippen molar-refractivity contribution < 1.29 is 18.0 Å². The Morgan fingerprint density at radius 1 is 1.00 bits per heavy atom. The fourth-order valence-electron chi connectivity index (χ4n) is 4.38. The average Bonchev–Trinajstić information content (AvgIpc) is 2.67. The fourth-order valence-corrected chi connectivity index (χ4v) is 4.38. The number of hydrogen-bond donors (Lipinski definition) is 0. The number of likely N-dealkylation sites (tertiary alicyclic amines) is 1. The molecule has 0 N–H and O–H groups in total. The molecule has 0 aromatic heterocycles. The summed E-state index contributed by atoms with van der Waals surface area (Å²) >= 11 is 0. The van der Waals surface area contributed by atoms with E-state index >= 15 is 0 Å². The van der Waals surface area contributed by atoms with Gasteiger partial charge >= 0.3 is 6.18 Å². The van der Waals surface area contributed by atoms with E-state index in [4.69, 9.17) is 0 Å². The van der Waals surface area contributed by atoms with Crippen LogP contribution in [0.25, 0.3) is 0 Å². The molecule has 6 heteroatoms. The number of nitrogens with zero attached hydrogens (tertiary/aromatic N) is 2. The summed E-state index contributed by atoms with van der Waals surface area (Å²) in [5.74, 6) is -0.187. The van der Waals surface area contributed by atoms with Crippen molar-refractivity contribution in [1.82, 2.24) is 9.80 Å². The quantitative estimate of drug-likeness (QED) is 0.780. The number of benzene rings is 1. The third-order valence-corrected chi connectivity index (χ3v) is 5.83. The van der Waals surface area contributed by atoms with E-state index < -0.39 is 11.7 Å². The van der Waals surface area contributed by atoms with Gasteiger partial charge in [-0.05, 0) is 63.0 Å². The standard InChI is InChI=1S/C20H27F3N2O/c1-24(19(26)15-9-11-16(12-10-15)20(21,22)23)17-7-3-4-8-18(17)25-13-5-2-6-14-25/h9-12,17-18H,2-8,13-14H2,1H3/t17-,18-/m0/s1. The summed E-state index contributed by atoms with van der Waals surface area (Å²) in [6.07, 6.45) is 3.64. The Hall–Kier alpha value is -1.56. The lowest BCUT2D eigenvalue weighted by Crippen LogP contribution is -2.55. The SMILES string of the molecule is CN(C(=O)c1ccc(C(F)(F)F)cc1)[C@H]1CCCC[C@@H]1N1CCCCC1. The van der Waals surface area contributed by atoms with Crippen LogP contribution in [0, 0.1) is 0 Å². The van der Waals surface area contributed by atoms with E-state index in [1.54, 1.807) is 11.9 Å². The van der Waals surface area contributed by atoms with Gasteiger partial charge in [-0.3, -0.25) is 9.69 Å². The lowest BCUT2D eigenvalue weighted by molar-refractivity contribution is -0.137. The second-order valence-electron chi connectivity index (χ2n) is 7.51. The molecule has 3 nitrogen and oxygen atoms in total. The van der Waals surface area contributed by atoms with Gasteiger partial charge in [0.1, 0.15) is 0 Å². The van der Waals surface area contributed by atoms with Crippen molar-refractivity contribution in [3.8, 4) is 0 Å². The average molecular weight is 368 g/mol. The highest BCUT2D eigenvalue weighted by Crippen LogP contribution is 2.31. The summed E-state index contributed by atoms with van der Waals surface area (Å²) in [5.41, 5.74) is -0.399. The van der Waals surface area contributed by atoms with Gasteiger partial charge in [-0.1, -0.05) is 19.3 Å². The van der Waals surface area contributed by atoms with Crippen LogP contribution in [0.1, 0.15) is 60.9 Å². The predicted octanol–water partition coefficient (Wildman–Crippen LogP) is 4.57. The van der Waals surface area contributed by atoms with Gasteiger partial charge in [-0.15, -0.1) is 0 Å². The number of halogens is 3. The fraction of sp³-hybridized carbons (Fsp3) is 0.650. The normalized spacial score (nSPS) is 25.1. The van der Waals surface area contributed by atoms with E-state index in [0.29, 0.717) is 11.6 Å². The van der Waals surface area contributed by atoms with E-state index in [0.717, 1.165) is 44.5 Å². The van der Waals surface area contributed by atoms with Gasteiger partial charge in [0.15, 0.2) is 0 Å². The first kappa shape index (κ1) is 19.2. The molecule has 2 fully saturated rings. The Kier molecular flexibility index (Phi) is 5.90. The smallest absolute Gasteiger partial charge is 0.337 e. The lowest BCUT2D eigenvalue weighted by Gasteiger charge is -2.45. The number of piperidine rings is 1. The van der Waals surface area contributed by atoms with Crippen LogP contribution >= 0.6 is 0 Å². The van der Waals surface area contributed by atoms with Gasteiger partial charge in [0.05, 0.1) is 5.56 Å². The summed E-state index contributed by atoms with van der Waals surface area (Å²) in [6, 6.07) is 5.07. The first-order valence-corrected chi connectivity index (χ1v) is 9.56. The minimum absolute atomic E-state index is 0.136. The van der Waals surface area contributed by atoms with E-state index in [1.165, 1.54) is 37.8 Å². The maximum Gasteiger partial charge on any atom is 0.416 e. The molecule has 144 valence electrons. The molecule has 1 aliphatic carbocycles. The van der Waals surface area contributed by atoms with Crippen molar-refractivity contribution in [2.75, 3.05) is 20.1 Å². The molecule has 3 rings (SSSR count). The molecule has 1 aliphatic heterocycles.